The number of nitrogens with zero attached hydrogens (tertiary/aromatic N) is 2. The summed E-state index contributed by atoms with van der Waals surface area (Å²) < 4.78 is 0. The zero-order valence-electron chi connectivity index (χ0n) is 10.9. The molecule has 0 fully saturated rings. The molecule has 5 nitrogen and oxygen atoms in total. The summed E-state index contributed by atoms with van der Waals surface area (Å²) >= 11 is 0. The lowest BCUT2D eigenvalue weighted by Crippen LogP contribution is -2.07. The molecule has 0 atom stereocenters. The highest BCUT2D eigenvalue weighted by molar-refractivity contribution is 6.10. The normalized spacial score (nSPS) is 13.3. The fraction of sp³-hybridized carbons (Fsp3) is 0.200. The molecule has 0 saturated heterocycles. The maximum absolute atomic E-state index is 12.5. The highest BCUT2D eigenvalue weighted by atomic mass is 16.6. The van der Waals surface area contributed by atoms with Crippen LogP contribution in [0.15, 0.2) is 30.5 Å². The Kier molecular flexibility index (Phi) is 2.82. The Morgan fingerprint density at radius 2 is 1.95 bits per heavy atom. The zero-order valence-corrected chi connectivity index (χ0v) is 10.9. The van der Waals surface area contributed by atoms with Gasteiger partial charge in [0.05, 0.1) is 4.92 Å². The number of carbonyl (C=O) groups excluding carboxylic acids is 1. The lowest BCUT2D eigenvalue weighted by molar-refractivity contribution is -0.385. The van der Waals surface area contributed by atoms with Gasteiger partial charge in [-0.1, -0.05) is 23.8 Å². The molecule has 0 radical (unpaired) electrons. The van der Waals surface area contributed by atoms with Gasteiger partial charge in [-0.15, -0.1) is 0 Å². The van der Waals surface area contributed by atoms with Gasteiger partial charge < -0.3 is 0 Å². The summed E-state index contributed by atoms with van der Waals surface area (Å²) in [6.07, 6.45) is 2.43. The molecular formula is C15H12N2O3. The minimum atomic E-state index is -0.486. The van der Waals surface area contributed by atoms with Crippen molar-refractivity contribution in [2.24, 2.45) is 0 Å². The van der Waals surface area contributed by atoms with Crippen LogP contribution in [0.2, 0.25) is 0 Å². The highest BCUT2D eigenvalue weighted by Gasteiger charge is 2.24. The third kappa shape index (κ3) is 1.97. The standard InChI is InChI=1S/C15H12N2O3/c1-9-2-5-13-10(6-9)3-4-11-7-12(17(19)20)8-16-14(11)15(13)18/h2,5-8H,3-4H2,1H3. The fourth-order valence-electron chi connectivity index (χ4n) is 2.54. The summed E-state index contributed by atoms with van der Waals surface area (Å²) in [4.78, 5) is 26.8. The van der Waals surface area contributed by atoms with E-state index in [1.807, 2.05) is 25.1 Å². The van der Waals surface area contributed by atoms with E-state index >= 15 is 0 Å². The number of aryl methyl sites for hydroxylation is 3. The van der Waals surface area contributed by atoms with E-state index in [-0.39, 0.29) is 11.5 Å². The number of fused-ring (bicyclic) bond motifs is 2. The average molecular weight is 268 g/mol. The third-order valence-electron chi connectivity index (χ3n) is 3.55. The molecule has 0 unspecified atom stereocenters. The van der Waals surface area contributed by atoms with Crippen LogP contribution in [0.25, 0.3) is 0 Å². The number of aromatic nitrogens is 1. The van der Waals surface area contributed by atoms with E-state index in [9.17, 15) is 14.9 Å². The van der Waals surface area contributed by atoms with Crippen molar-refractivity contribution < 1.29 is 9.72 Å². The molecule has 1 aromatic heterocycles. The zero-order chi connectivity index (χ0) is 14.3. The summed E-state index contributed by atoms with van der Waals surface area (Å²) in [5.41, 5.74) is 3.64. The Labute approximate surface area is 115 Å². The van der Waals surface area contributed by atoms with Gasteiger partial charge in [-0.2, -0.15) is 0 Å². The van der Waals surface area contributed by atoms with Gasteiger partial charge in [-0.3, -0.25) is 14.9 Å². The number of hydrogen-bond acceptors (Lipinski definition) is 4. The Bertz CT molecular complexity index is 738. The summed E-state index contributed by atoms with van der Waals surface area (Å²) in [6.45, 7) is 1.98. The fourth-order valence-corrected chi connectivity index (χ4v) is 2.54. The second-order valence-electron chi connectivity index (χ2n) is 4.95. The van der Waals surface area contributed by atoms with Crippen molar-refractivity contribution in [2.45, 2.75) is 19.8 Å². The number of pyridine rings is 1. The maximum Gasteiger partial charge on any atom is 0.287 e. The smallest absolute Gasteiger partial charge is 0.287 e. The molecule has 1 aliphatic rings. The number of nitro groups is 1. The van der Waals surface area contributed by atoms with Gasteiger partial charge in [0.2, 0.25) is 5.78 Å². The van der Waals surface area contributed by atoms with Crippen LogP contribution in [0.3, 0.4) is 0 Å². The molecule has 1 aromatic carbocycles. The largest absolute Gasteiger partial charge is 0.287 e. The topological polar surface area (TPSA) is 73.1 Å². The quantitative estimate of drug-likeness (QED) is 0.588. The summed E-state index contributed by atoms with van der Waals surface area (Å²) in [5, 5.41) is 10.8. The SMILES string of the molecule is Cc1ccc2c(c1)CCc1cc([N+](=O)[O-])cnc1C2=O. The van der Waals surface area contributed by atoms with Crippen molar-refractivity contribution >= 4 is 11.5 Å². The van der Waals surface area contributed by atoms with Crippen LogP contribution in [-0.4, -0.2) is 15.7 Å². The van der Waals surface area contributed by atoms with Crippen LogP contribution >= 0.6 is 0 Å². The summed E-state index contributed by atoms with van der Waals surface area (Å²) in [6, 6.07) is 7.16. The molecule has 20 heavy (non-hydrogen) atoms. The van der Waals surface area contributed by atoms with E-state index in [0.717, 1.165) is 17.3 Å². The predicted molar refractivity (Wildman–Crippen MR) is 72.9 cm³/mol. The van der Waals surface area contributed by atoms with Gasteiger partial charge >= 0.3 is 0 Å². The first-order chi connectivity index (χ1) is 9.56. The Morgan fingerprint density at radius 3 is 2.70 bits per heavy atom. The monoisotopic (exact) mass is 268 g/mol. The molecule has 0 aliphatic heterocycles. The van der Waals surface area contributed by atoms with Gasteiger partial charge in [0.25, 0.3) is 5.69 Å². The van der Waals surface area contributed by atoms with E-state index in [4.69, 9.17) is 0 Å². The van der Waals surface area contributed by atoms with Crippen molar-refractivity contribution in [3.63, 3.8) is 0 Å². The minimum Gasteiger partial charge on any atom is -0.287 e. The lowest BCUT2D eigenvalue weighted by Gasteiger charge is -2.05. The number of benzene rings is 1. The lowest BCUT2D eigenvalue weighted by atomic mass is 9.99. The minimum absolute atomic E-state index is 0.0707. The van der Waals surface area contributed by atoms with Crippen molar-refractivity contribution in [1.29, 1.82) is 0 Å². The van der Waals surface area contributed by atoms with Crippen LogP contribution in [-0.2, 0) is 12.8 Å². The summed E-state index contributed by atoms with van der Waals surface area (Å²) in [5.74, 6) is -0.151. The van der Waals surface area contributed by atoms with E-state index in [0.29, 0.717) is 29.7 Å². The van der Waals surface area contributed by atoms with Gasteiger partial charge in [0.15, 0.2) is 0 Å². The first-order valence-corrected chi connectivity index (χ1v) is 6.34. The van der Waals surface area contributed by atoms with Crippen molar-refractivity contribution in [3.05, 3.63) is 68.5 Å². The Hall–Kier alpha value is -2.56. The van der Waals surface area contributed by atoms with Crippen LogP contribution in [0, 0.1) is 17.0 Å². The number of ketones is 1. The molecule has 0 bridgehead atoms. The molecular weight excluding hydrogens is 256 g/mol. The number of rotatable bonds is 1. The first kappa shape index (κ1) is 12.5. The van der Waals surface area contributed by atoms with Gasteiger partial charge in [-0.05, 0) is 30.9 Å². The van der Waals surface area contributed by atoms with Gasteiger partial charge in [0, 0.05) is 11.6 Å². The average Bonchev–Trinajstić information content (AvgIpc) is 2.56. The molecule has 2 aromatic rings. The molecule has 0 N–H and O–H groups in total. The molecule has 5 heteroatoms. The van der Waals surface area contributed by atoms with Crippen molar-refractivity contribution in [3.8, 4) is 0 Å². The second-order valence-corrected chi connectivity index (χ2v) is 4.95. The third-order valence-corrected chi connectivity index (χ3v) is 3.55. The summed E-state index contributed by atoms with van der Waals surface area (Å²) in [7, 11) is 0. The Morgan fingerprint density at radius 1 is 1.20 bits per heavy atom. The predicted octanol–water partition coefficient (Wildman–Crippen LogP) is 2.63. The van der Waals surface area contributed by atoms with Crippen molar-refractivity contribution in [1.82, 2.24) is 4.98 Å². The van der Waals surface area contributed by atoms with E-state index in [2.05, 4.69) is 4.98 Å². The van der Waals surface area contributed by atoms with Crippen LogP contribution in [0.4, 0.5) is 5.69 Å². The highest BCUT2D eigenvalue weighted by Crippen LogP contribution is 2.26. The first-order valence-electron chi connectivity index (χ1n) is 6.34. The van der Waals surface area contributed by atoms with Crippen LogP contribution in [0.1, 0.15) is 32.7 Å². The maximum atomic E-state index is 12.5. The van der Waals surface area contributed by atoms with Gasteiger partial charge in [0.1, 0.15) is 11.9 Å². The molecule has 0 amide bonds. The molecule has 1 aliphatic carbocycles. The molecule has 100 valence electrons. The molecule has 0 saturated carbocycles. The number of carbonyl (C=O) groups is 1. The van der Waals surface area contributed by atoms with Crippen molar-refractivity contribution in [2.75, 3.05) is 0 Å². The molecule has 3 rings (SSSR count). The number of hydrogen-bond donors (Lipinski definition) is 0. The second kappa shape index (κ2) is 4.52. The van der Waals surface area contributed by atoms with E-state index in [1.54, 1.807) is 0 Å². The van der Waals surface area contributed by atoms with Crippen LogP contribution in [0.5, 0.6) is 0 Å². The van der Waals surface area contributed by atoms with Crippen LogP contribution < -0.4 is 0 Å². The molecule has 0 spiro atoms. The Balaban J connectivity index is 2.14. The van der Waals surface area contributed by atoms with E-state index in [1.165, 1.54) is 6.07 Å². The van der Waals surface area contributed by atoms with Gasteiger partial charge in [-0.25, -0.2) is 4.98 Å². The van der Waals surface area contributed by atoms with E-state index < -0.39 is 4.92 Å². The molecule has 1 heterocycles.